The fourth-order valence-electron chi connectivity index (χ4n) is 3.05. The van der Waals surface area contributed by atoms with Gasteiger partial charge in [0.2, 0.25) is 6.41 Å². The highest BCUT2D eigenvalue weighted by Gasteiger charge is 2.33. The van der Waals surface area contributed by atoms with Gasteiger partial charge in [-0.3, -0.25) is 4.79 Å². The Morgan fingerprint density at radius 3 is 2.62 bits per heavy atom. The van der Waals surface area contributed by atoms with Gasteiger partial charge >= 0.3 is 0 Å². The Morgan fingerprint density at radius 1 is 1.19 bits per heavy atom. The van der Waals surface area contributed by atoms with Crippen LogP contribution in [0.5, 0.6) is 0 Å². The predicted octanol–water partition coefficient (Wildman–Crippen LogP) is 3.59. The summed E-state index contributed by atoms with van der Waals surface area (Å²) in [4.78, 5) is 19.1. The SMILES string of the molecule is O=CN1N=C(c2ccc(Cl)cc2)CC1c1sc(N2CCOCC2)nc1Cl. The molecule has 0 bridgehead atoms. The predicted molar refractivity (Wildman–Crippen MR) is 103 cm³/mol. The fourth-order valence-corrected chi connectivity index (χ4v) is 4.65. The molecule has 1 amide bonds. The number of hydrazone groups is 1. The van der Waals surface area contributed by atoms with Gasteiger partial charge in [-0.05, 0) is 17.7 Å². The summed E-state index contributed by atoms with van der Waals surface area (Å²) in [5, 5.41) is 7.83. The van der Waals surface area contributed by atoms with E-state index < -0.39 is 0 Å². The van der Waals surface area contributed by atoms with Crippen molar-refractivity contribution in [3.05, 3.63) is 44.9 Å². The third-order valence-corrected chi connectivity index (χ3v) is 6.28. The van der Waals surface area contributed by atoms with Crippen LogP contribution in [0.1, 0.15) is 22.9 Å². The number of anilines is 1. The minimum absolute atomic E-state index is 0.238. The van der Waals surface area contributed by atoms with E-state index >= 15 is 0 Å². The Kier molecular flexibility index (Phi) is 5.13. The van der Waals surface area contributed by atoms with E-state index in [4.69, 9.17) is 27.9 Å². The highest BCUT2D eigenvalue weighted by molar-refractivity contribution is 7.16. The fraction of sp³-hybridized carbons (Fsp3) is 0.353. The number of thiazole rings is 1. The van der Waals surface area contributed by atoms with Gasteiger partial charge in [-0.2, -0.15) is 5.10 Å². The standard InChI is InChI=1S/C17H16Cl2N4O2S/c18-12-3-1-11(2-4-12)13-9-14(23(10-24)21-13)15-16(19)20-17(26-15)22-5-7-25-8-6-22/h1-4,10,14H,5-9H2. The molecule has 1 aromatic carbocycles. The molecule has 1 aromatic heterocycles. The molecule has 2 aliphatic rings. The van der Waals surface area contributed by atoms with Crippen molar-refractivity contribution < 1.29 is 9.53 Å². The van der Waals surface area contributed by atoms with Gasteiger partial charge in [-0.1, -0.05) is 46.7 Å². The van der Waals surface area contributed by atoms with Crippen LogP contribution in [0.3, 0.4) is 0 Å². The lowest BCUT2D eigenvalue weighted by molar-refractivity contribution is -0.119. The third kappa shape index (κ3) is 3.44. The lowest BCUT2D eigenvalue weighted by Crippen LogP contribution is -2.36. The molecular formula is C17H16Cl2N4O2S. The number of nitrogens with zero attached hydrogens (tertiary/aromatic N) is 4. The van der Waals surface area contributed by atoms with Gasteiger partial charge in [0.1, 0.15) is 5.15 Å². The number of benzene rings is 1. The van der Waals surface area contributed by atoms with Crippen molar-refractivity contribution in [3.63, 3.8) is 0 Å². The molecule has 9 heteroatoms. The molecule has 136 valence electrons. The number of aromatic nitrogens is 1. The molecule has 26 heavy (non-hydrogen) atoms. The monoisotopic (exact) mass is 410 g/mol. The first kappa shape index (κ1) is 17.7. The lowest BCUT2D eigenvalue weighted by Gasteiger charge is -2.26. The summed E-state index contributed by atoms with van der Waals surface area (Å²) in [5.74, 6) is 0. The van der Waals surface area contributed by atoms with E-state index in [1.54, 1.807) is 0 Å². The van der Waals surface area contributed by atoms with E-state index in [0.29, 0.717) is 29.8 Å². The van der Waals surface area contributed by atoms with Crippen molar-refractivity contribution >= 4 is 51.8 Å². The van der Waals surface area contributed by atoms with Crippen LogP contribution in [0.15, 0.2) is 29.4 Å². The summed E-state index contributed by atoms with van der Waals surface area (Å²) < 4.78 is 5.38. The molecule has 0 aliphatic carbocycles. The van der Waals surface area contributed by atoms with Crippen molar-refractivity contribution in [1.29, 1.82) is 0 Å². The number of hydrogen-bond donors (Lipinski definition) is 0. The van der Waals surface area contributed by atoms with Gasteiger partial charge in [-0.25, -0.2) is 9.99 Å². The number of carbonyl (C=O) groups excluding carboxylic acids is 1. The molecule has 4 rings (SSSR count). The maximum atomic E-state index is 11.6. The molecule has 0 radical (unpaired) electrons. The average Bonchev–Trinajstić information content (AvgIpc) is 3.26. The highest BCUT2D eigenvalue weighted by atomic mass is 35.5. The van der Waals surface area contributed by atoms with Crippen LogP contribution in [0, 0.1) is 0 Å². The van der Waals surface area contributed by atoms with E-state index in [-0.39, 0.29) is 6.04 Å². The van der Waals surface area contributed by atoms with Crippen LogP contribution >= 0.6 is 34.5 Å². The first-order chi connectivity index (χ1) is 12.7. The topological polar surface area (TPSA) is 58.0 Å². The smallest absolute Gasteiger partial charge is 0.230 e. The number of amides is 1. The Morgan fingerprint density at radius 2 is 1.92 bits per heavy atom. The molecule has 1 fully saturated rings. The van der Waals surface area contributed by atoms with Crippen LogP contribution in [-0.2, 0) is 9.53 Å². The van der Waals surface area contributed by atoms with Crippen molar-refractivity contribution in [1.82, 2.24) is 9.99 Å². The van der Waals surface area contributed by atoms with E-state index in [0.717, 1.165) is 40.8 Å². The molecule has 0 saturated carbocycles. The first-order valence-corrected chi connectivity index (χ1v) is 9.79. The molecule has 2 aliphatic heterocycles. The molecule has 0 spiro atoms. The van der Waals surface area contributed by atoms with Crippen molar-refractivity contribution in [2.75, 3.05) is 31.2 Å². The minimum Gasteiger partial charge on any atom is -0.378 e. The molecular weight excluding hydrogens is 395 g/mol. The zero-order valence-electron chi connectivity index (χ0n) is 13.8. The van der Waals surface area contributed by atoms with Gasteiger partial charge in [0, 0.05) is 24.5 Å². The van der Waals surface area contributed by atoms with E-state index in [9.17, 15) is 4.79 Å². The second-order valence-electron chi connectivity index (χ2n) is 6.01. The summed E-state index contributed by atoms with van der Waals surface area (Å²) in [6, 6.07) is 7.19. The normalized spacial score (nSPS) is 20.4. The molecule has 1 saturated heterocycles. The maximum absolute atomic E-state index is 11.6. The zero-order chi connectivity index (χ0) is 18.1. The number of carbonyl (C=O) groups is 1. The van der Waals surface area contributed by atoms with E-state index in [1.807, 2.05) is 24.3 Å². The number of hydrogen-bond acceptors (Lipinski definition) is 6. The van der Waals surface area contributed by atoms with Crippen LogP contribution in [0.2, 0.25) is 10.2 Å². The lowest BCUT2D eigenvalue weighted by atomic mass is 10.0. The summed E-state index contributed by atoms with van der Waals surface area (Å²) in [7, 11) is 0. The van der Waals surface area contributed by atoms with E-state index in [1.165, 1.54) is 16.3 Å². The average molecular weight is 411 g/mol. The minimum atomic E-state index is -0.238. The summed E-state index contributed by atoms with van der Waals surface area (Å²) in [5.41, 5.74) is 1.77. The Balaban J connectivity index is 1.59. The first-order valence-electron chi connectivity index (χ1n) is 8.21. The molecule has 3 heterocycles. The summed E-state index contributed by atoms with van der Waals surface area (Å²) in [6.07, 6.45) is 1.32. The summed E-state index contributed by atoms with van der Waals surface area (Å²) in [6.45, 7) is 2.94. The number of halogens is 2. The second-order valence-corrected chi connectivity index (χ2v) is 7.81. The second kappa shape index (κ2) is 7.52. The van der Waals surface area contributed by atoms with Gasteiger partial charge in [0.05, 0.1) is 29.8 Å². The number of ether oxygens (including phenoxy) is 1. The van der Waals surface area contributed by atoms with Crippen LogP contribution in [0.25, 0.3) is 0 Å². The molecule has 1 atom stereocenters. The Labute approximate surface area is 165 Å². The summed E-state index contributed by atoms with van der Waals surface area (Å²) >= 11 is 13.9. The largest absolute Gasteiger partial charge is 0.378 e. The molecule has 2 aromatic rings. The maximum Gasteiger partial charge on any atom is 0.230 e. The number of morpholine rings is 1. The van der Waals surface area contributed by atoms with Crippen LogP contribution < -0.4 is 4.90 Å². The van der Waals surface area contributed by atoms with E-state index in [2.05, 4.69) is 15.0 Å². The molecule has 6 nitrogen and oxygen atoms in total. The van der Waals surface area contributed by atoms with Gasteiger partial charge < -0.3 is 9.64 Å². The zero-order valence-corrected chi connectivity index (χ0v) is 16.1. The Bertz CT molecular complexity index is 834. The third-order valence-electron chi connectivity index (χ3n) is 4.41. The van der Waals surface area contributed by atoms with Gasteiger partial charge in [0.25, 0.3) is 0 Å². The van der Waals surface area contributed by atoms with Crippen molar-refractivity contribution in [3.8, 4) is 0 Å². The quantitative estimate of drug-likeness (QED) is 0.722. The van der Waals surface area contributed by atoms with Crippen molar-refractivity contribution in [2.24, 2.45) is 5.10 Å². The van der Waals surface area contributed by atoms with Crippen LogP contribution in [-0.4, -0.2) is 48.4 Å². The van der Waals surface area contributed by atoms with Crippen LogP contribution in [0.4, 0.5) is 5.13 Å². The van der Waals surface area contributed by atoms with Gasteiger partial charge in [0.15, 0.2) is 5.13 Å². The molecule has 0 N–H and O–H groups in total. The van der Waals surface area contributed by atoms with Gasteiger partial charge in [-0.15, -0.1) is 0 Å². The highest BCUT2D eigenvalue weighted by Crippen LogP contribution is 2.41. The Hall–Kier alpha value is -1.67. The molecule has 1 unspecified atom stereocenters. The van der Waals surface area contributed by atoms with Crippen molar-refractivity contribution in [2.45, 2.75) is 12.5 Å². The number of rotatable bonds is 4.